The van der Waals surface area contributed by atoms with Crippen LogP contribution in [0, 0.1) is 6.92 Å². The molecule has 0 amide bonds. The lowest BCUT2D eigenvalue weighted by atomic mass is 10.1. The summed E-state index contributed by atoms with van der Waals surface area (Å²) in [5.74, 6) is 0.377. The quantitative estimate of drug-likeness (QED) is 0.603. The zero-order chi connectivity index (χ0) is 11.4. The summed E-state index contributed by atoms with van der Waals surface area (Å²) in [7, 11) is 4.02. The predicted octanol–water partition coefficient (Wildman–Crippen LogP) is 2.40. The van der Waals surface area contributed by atoms with Gasteiger partial charge in [0.15, 0.2) is 0 Å². The van der Waals surface area contributed by atoms with Gasteiger partial charge in [-0.1, -0.05) is 12.1 Å². The largest absolute Gasteiger partial charge is 0.426 e. The van der Waals surface area contributed by atoms with Gasteiger partial charge in [-0.05, 0) is 38.2 Å². The van der Waals surface area contributed by atoms with Gasteiger partial charge in [-0.2, -0.15) is 0 Å². The van der Waals surface area contributed by atoms with Crippen molar-refractivity contribution in [3.05, 3.63) is 29.3 Å². The van der Waals surface area contributed by atoms with E-state index in [4.69, 9.17) is 4.74 Å². The van der Waals surface area contributed by atoms with Crippen LogP contribution in [0.25, 0.3) is 0 Å². The predicted molar refractivity (Wildman–Crippen MR) is 67.1 cm³/mol. The van der Waals surface area contributed by atoms with Crippen LogP contribution in [0.5, 0.6) is 5.75 Å². The monoisotopic (exact) mass is 243 g/mol. The van der Waals surface area contributed by atoms with Gasteiger partial charge >= 0.3 is 5.97 Å². The molecule has 1 rings (SSSR count). The van der Waals surface area contributed by atoms with Crippen LogP contribution in [0.3, 0.4) is 0 Å². The van der Waals surface area contributed by atoms with E-state index in [0.717, 1.165) is 12.1 Å². The van der Waals surface area contributed by atoms with E-state index in [-0.39, 0.29) is 18.4 Å². The minimum Gasteiger partial charge on any atom is -0.426 e. The van der Waals surface area contributed by atoms with Gasteiger partial charge in [0.05, 0.1) is 0 Å². The van der Waals surface area contributed by atoms with Gasteiger partial charge in [-0.3, -0.25) is 4.79 Å². The number of rotatable bonds is 3. The van der Waals surface area contributed by atoms with E-state index in [1.165, 1.54) is 12.5 Å². The molecule has 0 atom stereocenters. The third kappa shape index (κ3) is 4.21. The van der Waals surface area contributed by atoms with Crippen molar-refractivity contribution in [2.75, 3.05) is 14.1 Å². The van der Waals surface area contributed by atoms with Gasteiger partial charge < -0.3 is 9.64 Å². The molecule has 0 aliphatic carbocycles. The highest BCUT2D eigenvalue weighted by molar-refractivity contribution is 5.85. The number of esters is 1. The van der Waals surface area contributed by atoms with Crippen molar-refractivity contribution in [2.24, 2.45) is 0 Å². The van der Waals surface area contributed by atoms with Gasteiger partial charge in [-0.15, -0.1) is 12.4 Å². The van der Waals surface area contributed by atoms with E-state index < -0.39 is 0 Å². The molecular formula is C12H18ClNO2. The maximum absolute atomic E-state index is 10.9. The minimum absolute atomic E-state index is 0. The van der Waals surface area contributed by atoms with E-state index in [0.29, 0.717) is 5.75 Å². The number of carbonyl (C=O) groups excluding carboxylic acids is 1. The zero-order valence-electron chi connectivity index (χ0n) is 10.1. The smallest absolute Gasteiger partial charge is 0.308 e. The molecule has 90 valence electrons. The number of hydrogen-bond donors (Lipinski definition) is 0. The van der Waals surface area contributed by atoms with Crippen molar-refractivity contribution in [1.29, 1.82) is 0 Å². The van der Waals surface area contributed by atoms with Crippen LogP contribution in [0.2, 0.25) is 0 Å². The Morgan fingerprint density at radius 3 is 2.50 bits per heavy atom. The fraction of sp³-hybridized carbons (Fsp3) is 0.417. The Labute approximate surface area is 103 Å². The summed E-state index contributed by atoms with van der Waals surface area (Å²) in [4.78, 5) is 12.9. The van der Waals surface area contributed by atoms with Crippen LogP contribution in [0.1, 0.15) is 18.1 Å². The van der Waals surface area contributed by atoms with Gasteiger partial charge in [0.25, 0.3) is 0 Å². The molecule has 16 heavy (non-hydrogen) atoms. The van der Waals surface area contributed by atoms with Crippen molar-refractivity contribution in [2.45, 2.75) is 20.4 Å². The third-order valence-electron chi connectivity index (χ3n) is 2.14. The number of halogens is 1. The van der Waals surface area contributed by atoms with Crippen molar-refractivity contribution < 1.29 is 9.53 Å². The van der Waals surface area contributed by atoms with Crippen LogP contribution in [0.15, 0.2) is 18.2 Å². The minimum atomic E-state index is -0.278. The lowest BCUT2D eigenvalue weighted by Crippen LogP contribution is -2.12. The zero-order valence-corrected chi connectivity index (χ0v) is 10.9. The normalized spacial score (nSPS) is 9.81. The van der Waals surface area contributed by atoms with E-state index in [2.05, 4.69) is 4.90 Å². The van der Waals surface area contributed by atoms with E-state index in [9.17, 15) is 4.79 Å². The van der Waals surface area contributed by atoms with Gasteiger partial charge in [0.2, 0.25) is 0 Å². The van der Waals surface area contributed by atoms with Crippen molar-refractivity contribution in [3.8, 4) is 5.75 Å². The topological polar surface area (TPSA) is 29.5 Å². The lowest BCUT2D eigenvalue weighted by Gasteiger charge is -2.14. The van der Waals surface area contributed by atoms with Crippen LogP contribution in [0.4, 0.5) is 0 Å². The summed E-state index contributed by atoms with van der Waals surface area (Å²) in [6, 6.07) is 5.77. The van der Waals surface area contributed by atoms with Crippen LogP contribution in [-0.2, 0) is 11.3 Å². The molecule has 0 saturated carbocycles. The molecule has 0 aromatic heterocycles. The number of carbonyl (C=O) groups is 1. The summed E-state index contributed by atoms with van der Waals surface area (Å²) < 4.78 is 5.11. The lowest BCUT2D eigenvalue weighted by molar-refractivity contribution is -0.131. The fourth-order valence-corrected chi connectivity index (χ4v) is 1.44. The van der Waals surface area contributed by atoms with Crippen LogP contribution >= 0.6 is 12.4 Å². The maximum Gasteiger partial charge on any atom is 0.308 e. The first-order valence-electron chi connectivity index (χ1n) is 4.92. The fourth-order valence-electron chi connectivity index (χ4n) is 1.44. The van der Waals surface area contributed by atoms with Crippen molar-refractivity contribution in [3.63, 3.8) is 0 Å². The summed E-state index contributed by atoms with van der Waals surface area (Å²) in [6.07, 6.45) is 0. The molecule has 0 heterocycles. The van der Waals surface area contributed by atoms with Gasteiger partial charge in [0.1, 0.15) is 5.75 Å². The summed E-state index contributed by atoms with van der Waals surface area (Å²) >= 11 is 0. The molecule has 0 radical (unpaired) electrons. The molecule has 3 nitrogen and oxygen atoms in total. The standard InChI is InChI=1S/C12H17NO2.ClH/c1-9-11(8-13(3)4)6-5-7-12(9)15-10(2)14;/h5-7H,8H2,1-4H3;1H. The molecule has 1 aromatic carbocycles. The molecule has 1 aromatic rings. The first-order chi connectivity index (χ1) is 7.00. The molecular weight excluding hydrogens is 226 g/mol. The number of benzene rings is 1. The van der Waals surface area contributed by atoms with Gasteiger partial charge in [-0.25, -0.2) is 0 Å². The Balaban J connectivity index is 0.00000225. The van der Waals surface area contributed by atoms with Gasteiger partial charge in [0, 0.05) is 13.5 Å². The number of hydrogen-bond acceptors (Lipinski definition) is 3. The molecule has 0 unspecified atom stereocenters. The van der Waals surface area contributed by atoms with E-state index in [1.807, 2.05) is 39.2 Å². The van der Waals surface area contributed by atoms with Crippen LogP contribution < -0.4 is 4.74 Å². The Hall–Kier alpha value is -1.06. The first kappa shape index (κ1) is 14.9. The Morgan fingerprint density at radius 2 is 2.00 bits per heavy atom. The average Bonchev–Trinajstić information content (AvgIpc) is 2.10. The SMILES string of the molecule is CC(=O)Oc1cccc(CN(C)C)c1C.Cl. The van der Waals surface area contributed by atoms with E-state index >= 15 is 0 Å². The Kier molecular flexibility index (Phi) is 6.08. The Bertz CT molecular complexity index is 364. The number of nitrogens with zero attached hydrogens (tertiary/aromatic N) is 1. The average molecular weight is 244 g/mol. The molecule has 0 aliphatic rings. The number of ether oxygens (including phenoxy) is 1. The summed E-state index contributed by atoms with van der Waals surface area (Å²) in [6.45, 7) is 4.23. The molecule has 0 saturated heterocycles. The Morgan fingerprint density at radius 1 is 1.38 bits per heavy atom. The second-order valence-electron chi connectivity index (χ2n) is 3.87. The second kappa shape index (κ2) is 6.51. The first-order valence-corrected chi connectivity index (χ1v) is 4.92. The molecule has 0 N–H and O–H groups in total. The molecule has 0 fully saturated rings. The highest BCUT2D eigenvalue weighted by Gasteiger charge is 2.07. The third-order valence-corrected chi connectivity index (χ3v) is 2.14. The van der Waals surface area contributed by atoms with Crippen LogP contribution in [-0.4, -0.2) is 25.0 Å². The molecule has 0 spiro atoms. The van der Waals surface area contributed by atoms with E-state index in [1.54, 1.807) is 0 Å². The van der Waals surface area contributed by atoms with Crippen molar-refractivity contribution >= 4 is 18.4 Å². The molecule has 4 heteroatoms. The highest BCUT2D eigenvalue weighted by Crippen LogP contribution is 2.22. The highest BCUT2D eigenvalue weighted by atomic mass is 35.5. The summed E-state index contributed by atoms with van der Waals surface area (Å²) in [5, 5.41) is 0. The maximum atomic E-state index is 10.9. The molecule has 0 bridgehead atoms. The molecule has 0 aliphatic heterocycles. The summed E-state index contributed by atoms with van der Waals surface area (Å²) in [5.41, 5.74) is 2.21. The second-order valence-corrected chi connectivity index (χ2v) is 3.87. The van der Waals surface area contributed by atoms with Crippen molar-refractivity contribution in [1.82, 2.24) is 4.90 Å².